The molecule has 0 bridgehead atoms. The second-order valence-electron chi connectivity index (χ2n) is 7.27. The molecule has 2 aliphatic rings. The molecule has 2 amide bonds. The Hall–Kier alpha value is -2.08. The first-order valence-electron chi connectivity index (χ1n) is 8.70. The topological polar surface area (TPSA) is 78.1 Å². The van der Waals surface area contributed by atoms with E-state index < -0.39 is 6.04 Å². The third kappa shape index (κ3) is 2.99. The fraction of sp³-hybridized carbons (Fsp3) is 0.500. The number of hydrogen-bond acceptors (Lipinski definition) is 3. The number of H-pyrrole nitrogens is 1. The van der Waals surface area contributed by atoms with Crippen LogP contribution in [0.25, 0.3) is 10.9 Å². The molecule has 0 radical (unpaired) electrons. The van der Waals surface area contributed by atoms with Crippen molar-refractivity contribution in [3.05, 3.63) is 28.9 Å². The van der Waals surface area contributed by atoms with Gasteiger partial charge in [-0.3, -0.25) is 14.7 Å². The summed E-state index contributed by atoms with van der Waals surface area (Å²) in [5.41, 5.74) is 1.61. The maximum absolute atomic E-state index is 12.6. The molecule has 1 spiro atoms. The quantitative estimate of drug-likeness (QED) is 0.883. The number of nitrogens with zero attached hydrogens (tertiary/aromatic N) is 2. The molecule has 4 rings (SSSR count). The van der Waals surface area contributed by atoms with E-state index in [2.05, 4.69) is 15.5 Å². The van der Waals surface area contributed by atoms with E-state index in [0.717, 1.165) is 25.9 Å². The average molecular weight is 361 g/mol. The number of halogens is 1. The number of amides is 2. The van der Waals surface area contributed by atoms with Crippen molar-refractivity contribution in [2.24, 2.45) is 5.41 Å². The Labute approximate surface area is 150 Å². The van der Waals surface area contributed by atoms with Crippen molar-refractivity contribution < 1.29 is 9.59 Å². The molecule has 1 saturated heterocycles. The second kappa shape index (κ2) is 6.02. The number of hydrogen-bond donors (Lipinski definition) is 2. The molecule has 1 aliphatic carbocycles. The maximum Gasteiger partial charge on any atom is 0.252 e. The average Bonchev–Trinajstić information content (AvgIpc) is 3.16. The van der Waals surface area contributed by atoms with Crippen LogP contribution in [0.15, 0.2) is 18.3 Å². The summed E-state index contributed by atoms with van der Waals surface area (Å²) in [4.78, 5) is 27.1. The molecule has 1 aliphatic heterocycles. The monoisotopic (exact) mass is 360 g/mol. The molecule has 2 aromatic rings. The van der Waals surface area contributed by atoms with Crippen LogP contribution in [0, 0.1) is 5.41 Å². The first-order chi connectivity index (χ1) is 12.0. The highest BCUT2D eigenvalue weighted by molar-refractivity contribution is 6.35. The number of likely N-dealkylation sites (tertiary alicyclic amines) is 1. The van der Waals surface area contributed by atoms with Gasteiger partial charge in [0, 0.05) is 18.5 Å². The molecule has 6 nitrogen and oxygen atoms in total. The van der Waals surface area contributed by atoms with Crippen molar-refractivity contribution in [2.75, 3.05) is 13.1 Å². The second-order valence-corrected chi connectivity index (χ2v) is 7.68. The van der Waals surface area contributed by atoms with Crippen LogP contribution < -0.4 is 5.32 Å². The minimum atomic E-state index is -0.557. The van der Waals surface area contributed by atoms with Crippen LogP contribution >= 0.6 is 11.6 Å². The normalized spacial score (nSPS) is 19.8. The first-order valence-corrected chi connectivity index (χ1v) is 9.08. The summed E-state index contributed by atoms with van der Waals surface area (Å²) in [6, 6.07) is 2.76. The van der Waals surface area contributed by atoms with Crippen LogP contribution in [0.4, 0.5) is 0 Å². The van der Waals surface area contributed by atoms with Gasteiger partial charge < -0.3 is 10.2 Å². The van der Waals surface area contributed by atoms with Crippen LogP contribution in [-0.4, -0.2) is 46.0 Å². The Morgan fingerprint density at radius 3 is 2.68 bits per heavy atom. The van der Waals surface area contributed by atoms with Crippen LogP contribution in [-0.2, 0) is 4.79 Å². The number of carbonyl (C=O) groups excluding carboxylic acids is 2. The Morgan fingerprint density at radius 2 is 2.00 bits per heavy atom. The number of aromatic nitrogens is 2. The van der Waals surface area contributed by atoms with Crippen molar-refractivity contribution in [3.8, 4) is 0 Å². The van der Waals surface area contributed by atoms with E-state index in [1.807, 2.05) is 4.90 Å². The lowest BCUT2D eigenvalue weighted by Gasteiger charge is -2.33. The number of carbonyl (C=O) groups is 2. The predicted molar refractivity (Wildman–Crippen MR) is 95.5 cm³/mol. The van der Waals surface area contributed by atoms with Gasteiger partial charge in [0.2, 0.25) is 5.91 Å². The number of nitrogens with one attached hydrogen (secondary N) is 2. The zero-order chi connectivity index (χ0) is 17.6. The number of aromatic amines is 1. The van der Waals surface area contributed by atoms with E-state index >= 15 is 0 Å². The number of piperidine rings is 1. The standard InChI is InChI=1S/C18H21ClN4O2/c1-11(17(25)23-8-6-18(4-5-18)7-9-23)21-16(24)12-2-3-14(19)15-13(12)10-20-22-15/h2-3,10-11H,4-9H2,1H3,(H,20,22)(H,21,24)/t11-/m1/s1. The molecule has 1 atom stereocenters. The van der Waals surface area contributed by atoms with Gasteiger partial charge in [-0.05, 0) is 50.2 Å². The molecular weight excluding hydrogens is 340 g/mol. The van der Waals surface area contributed by atoms with Gasteiger partial charge >= 0.3 is 0 Å². The largest absolute Gasteiger partial charge is 0.341 e. The third-order valence-corrected chi connectivity index (χ3v) is 5.94. The lowest BCUT2D eigenvalue weighted by atomic mass is 9.93. The molecule has 2 heterocycles. The minimum absolute atomic E-state index is 0.0127. The summed E-state index contributed by atoms with van der Waals surface area (Å²) in [6.45, 7) is 3.34. The summed E-state index contributed by atoms with van der Waals surface area (Å²) in [5.74, 6) is -0.305. The van der Waals surface area contributed by atoms with E-state index in [9.17, 15) is 9.59 Å². The SMILES string of the molecule is C[C@@H](NC(=O)c1ccc(Cl)c2[nH]ncc12)C(=O)N1CCC2(CC1)CC2. The molecule has 1 saturated carbocycles. The van der Waals surface area contributed by atoms with Gasteiger partial charge in [0.25, 0.3) is 5.91 Å². The van der Waals surface area contributed by atoms with Gasteiger partial charge in [-0.15, -0.1) is 0 Å². The fourth-order valence-corrected chi connectivity index (χ4v) is 3.90. The number of rotatable bonds is 3. The molecule has 7 heteroatoms. The van der Waals surface area contributed by atoms with Crippen molar-refractivity contribution in [3.63, 3.8) is 0 Å². The number of fused-ring (bicyclic) bond motifs is 1. The zero-order valence-electron chi connectivity index (χ0n) is 14.1. The van der Waals surface area contributed by atoms with E-state index in [-0.39, 0.29) is 11.8 Å². The van der Waals surface area contributed by atoms with Gasteiger partial charge in [0.1, 0.15) is 6.04 Å². The Bertz CT molecular complexity index is 833. The van der Waals surface area contributed by atoms with Gasteiger partial charge in [-0.1, -0.05) is 11.6 Å². The summed E-state index contributed by atoms with van der Waals surface area (Å²) in [5, 5.41) is 10.7. The lowest BCUT2D eigenvalue weighted by Crippen LogP contribution is -2.49. The zero-order valence-corrected chi connectivity index (χ0v) is 14.9. The highest BCUT2D eigenvalue weighted by Crippen LogP contribution is 2.53. The summed E-state index contributed by atoms with van der Waals surface area (Å²) >= 11 is 6.10. The van der Waals surface area contributed by atoms with Gasteiger partial charge in [-0.2, -0.15) is 5.10 Å². The van der Waals surface area contributed by atoms with Crippen molar-refractivity contribution in [1.82, 2.24) is 20.4 Å². The highest BCUT2D eigenvalue weighted by Gasteiger charge is 2.45. The first kappa shape index (κ1) is 16.4. The molecule has 0 unspecified atom stereocenters. The Kier molecular flexibility index (Phi) is 3.95. The molecule has 2 fully saturated rings. The molecule has 1 aromatic carbocycles. The van der Waals surface area contributed by atoms with Gasteiger partial charge in [0.05, 0.1) is 22.3 Å². The van der Waals surface area contributed by atoms with Crippen molar-refractivity contribution >= 4 is 34.3 Å². The van der Waals surface area contributed by atoms with Crippen LogP contribution in [0.3, 0.4) is 0 Å². The smallest absolute Gasteiger partial charge is 0.252 e. The molecular formula is C18H21ClN4O2. The van der Waals surface area contributed by atoms with Gasteiger partial charge in [-0.25, -0.2) is 0 Å². The predicted octanol–water partition coefficient (Wildman–Crippen LogP) is 2.74. The van der Waals surface area contributed by atoms with Crippen LogP contribution in [0.5, 0.6) is 0 Å². The van der Waals surface area contributed by atoms with E-state index in [1.54, 1.807) is 25.3 Å². The summed E-state index contributed by atoms with van der Waals surface area (Å²) in [6.07, 6.45) is 6.36. The minimum Gasteiger partial charge on any atom is -0.341 e. The lowest BCUT2D eigenvalue weighted by molar-refractivity contribution is -0.134. The molecule has 2 N–H and O–H groups in total. The summed E-state index contributed by atoms with van der Waals surface area (Å²) in [7, 11) is 0. The van der Waals surface area contributed by atoms with Crippen molar-refractivity contribution in [2.45, 2.75) is 38.6 Å². The molecule has 25 heavy (non-hydrogen) atoms. The Balaban J connectivity index is 1.43. The fourth-order valence-electron chi connectivity index (χ4n) is 3.69. The Morgan fingerprint density at radius 1 is 1.28 bits per heavy atom. The third-order valence-electron chi connectivity index (χ3n) is 5.62. The van der Waals surface area contributed by atoms with Crippen LogP contribution in [0.1, 0.15) is 43.0 Å². The highest BCUT2D eigenvalue weighted by atomic mass is 35.5. The molecule has 1 aromatic heterocycles. The van der Waals surface area contributed by atoms with Crippen molar-refractivity contribution in [1.29, 1.82) is 0 Å². The number of benzene rings is 1. The van der Waals surface area contributed by atoms with E-state index in [0.29, 0.717) is 26.9 Å². The van der Waals surface area contributed by atoms with Gasteiger partial charge in [0.15, 0.2) is 0 Å². The van der Waals surface area contributed by atoms with Crippen LogP contribution in [0.2, 0.25) is 5.02 Å². The van der Waals surface area contributed by atoms with E-state index in [4.69, 9.17) is 11.6 Å². The van der Waals surface area contributed by atoms with E-state index in [1.165, 1.54) is 12.8 Å². The summed E-state index contributed by atoms with van der Waals surface area (Å²) < 4.78 is 0. The maximum atomic E-state index is 12.6. The molecule has 132 valence electrons.